The third kappa shape index (κ3) is 10.7. The molecule has 0 spiro atoms. The van der Waals surface area contributed by atoms with Gasteiger partial charge in [0.25, 0.3) is 0 Å². The standard InChI is InChI=1S/C24H44O8/c1-2-6-22-21(5-1)29-17-13-25-9-10-27-15-19-31-23-7-3-4-8-24(23)32-20-16-28-12-11-26-14-18-30-22/h21-24H,1-20H2/t21-,22-,23-,24+/m0/s1. The van der Waals surface area contributed by atoms with Crippen LogP contribution in [0.15, 0.2) is 0 Å². The fraction of sp³-hybridized carbons (Fsp3) is 1.00. The lowest BCUT2D eigenvalue weighted by atomic mass is 9.94. The Morgan fingerprint density at radius 1 is 0.281 bits per heavy atom. The molecule has 32 heavy (non-hydrogen) atoms. The predicted molar refractivity (Wildman–Crippen MR) is 119 cm³/mol. The molecule has 3 rings (SSSR count). The summed E-state index contributed by atoms with van der Waals surface area (Å²) in [5.74, 6) is 0. The minimum absolute atomic E-state index is 0.151. The second kappa shape index (κ2) is 17.2. The highest BCUT2D eigenvalue weighted by Crippen LogP contribution is 2.24. The van der Waals surface area contributed by atoms with Gasteiger partial charge in [-0.1, -0.05) is 25.7 Å². The minimum Gasteiger partial charge on any atom is -0.377 e. The van der Waals surface area contributed by atoms with Gasteiger partial charge < -0.3 is 37.9 Å². The van der Waals surface area contributed by atoms with E-state index >= 15 is 0 Å². The summed E-state index contributed by atoms with van der Waals surface area (Å²) in [6, 6.07) is 0. The Labute approximate surface area is 193 Å². The molecule has 3 aliphatic rings. The van der Waals surface area contributed by atoms with Gasteiger partial charge in [-0.05, 0) is 25.7 Å². The van der Waals surface area contributed by atoms with E-state index in [2.05, 4.69) is 0 Å². The summed E-state index contributed by atoms with van der Waals surface area (Å²) >= 11 is 0. The van der Waals surface area contributed by atoms with Crippen LogP contribution in [0.2, 0.25) is 0 Å². The third-order valence-corrected chi connectivity index (χ3v) is 6.27. The monoisotopic (exact) mass is 460 g/mol. The van der Waals surface area contributed by atoms with Crippen molar-refractivity contribution in [2.45, 2.75) is 75.8 Å². The summed E-state index contributed by atoms with van der Waals surface area (Å²) in [6.07, 6.45) is 9.58. The van der Waals surface area contributed by atoms with Crippen LogP contribution < -0.4 is 0 Å². The predicted octanol–water partition coefficient (Wildman–Crippen LogP) is 2.76. The summed E-state index contributed by atoms with van der Waals surface area (Å²) in [5.41, 5.74) is 0. The van der Waals surface area contributed by atoms with E-state index in [4.69, 9.17) is 37.9 Å². The molecule has 0 aromatic heterocycles. The van der Waals surface area contributed by atoms with Crippen LogP contribution >= 0.6 is 0 Å². The molecule has 1 heterocycles. The zero-order chi connectivity index (χ0) is 22.1. The summed E-state index contributed by atoms with van der Waals surface area (Å²) < 4.78 is 46.8. The first kappa shape index (κ1) is 26.3. The first-order chi connectivity index (χ1) is 15.9. The average Bonchev–Trinajstić information content (AvgIpc) is 2.82. The van der Waals surface area contributed by atoms with Gasteiger partial charge in [-0.15, -0.1) is 0 Å². The first-order valence-corrected chi connectivity index (χ1v) is 12.7. The van der Waals surface area contributed by atoms with Gasteiger partial charge in [-0.3, -0.25) is 0 Å². The van der Waals surface area contributed by atoms with Gasteiger partial charge in [0.2, 0.25) is 0 Å². The van der Waals surface area contributed by atoms with Gasteiger partial charge >= 0.3 is 0 Å². The van der Waals surface area contributed by atoms with Crippen molar-refractivity contribution in [3.8, 4) is 0 Å². The molecule has 1 saturated heterocycles. The lowest BCUT2D eigenvalue weighted by molar-refractivity contribution is -0.119. The topological polar surface area (TPSA) is 73.8 Å². The zero-order valence-electron chi connectivity index (χ0n) is 19.7. The quantitative estimate of drug-likeness (QED) is 0.546. The van der Waals surface area contributed by atoms with Crippen LogP contribution in [0, 0.1) is 0 Å². The highest BCUT2D eigenvalue weighted by molar-refractivity contribution is 4.77. The number of fused-ring (bicyclic) bond motifs is 2. The van der Waals surface area contributed by atoms with E-state index in [1.54, 1.807) is 0 Å². The molecule has 4 atom stereocenters. The Morgan fingerprint density at radius 2 is 0.500 bits per heavy atom. The van der Waals surface area contributed by atoms with Gasteiger partial charge in [-0.25, -0.2) is 0 Å². The molecule has 8 nitrogen and oxygen atoms in total. The summed E-state index contributed by atoms with van der Waals surface area (Å²) in [4.78, 5) is 0. The zero-order valence-corrected chi connectivity index (χ0v) is 19.7. The second-order valence-electron chi connectivity index (χ2n) is 8.66. The second-order valence-corrected chi connectivity index (χ2v) is 8.66. The molecule has 0 bridgehead atoms. The number of ether oxygens (including phenoxy) is 8. The molecule has 0 N–H and O–H groups in total. The summed E-state index contributed by atoms with van der Waals surface area (Å²) in [7, 11) is 0. The van der Waals surface area contributed by atoms with Gasteiger partial charge in [0.1, 0.15) is 0 Å². The van der Waals surface area contributed by atoms with Gasteiger partial charge in [0.05, 0.1) is 104 Å². The van der Waals surface area contributed by atoms with E-state index in [0.29, 0.717) is 79.3 Å². The first-order valence-electron chi connectivity index (χ1n) is 12.7. The normalized spacial score (nSPS) is 34.5. The molecule has 3 fully saturated rings. The molecule has 188 valence electrons. The van der Waals surface area contributed by atoms with Crippen LogP contribution in [0.1, 0.15) is 51.4 Å². The Bertz CT molecular complexity index is 372. The number of hydrogen-bond donors (Lipinski definition) is 0. The fourth-order valence-electron chi connectivity index (χ4n) is 4.57. The van der Waals surface area contributed by atoms with Crippen molar-refractivity contribution in [3.05, 3.63) is 0 Å². The molecule has 0 aromatic carbocycles. The van der Waals surface area contributed by atoms with E-state index in [1.165, 1.54) is 25.7 Å². The van der Waals surface area contributed by atoms with E-state index in [9.17, 15) is 0 Å². The largest absolute Gasteiger partial charge is 0.377 e. The van der Waals surface area contributed by atoms with E-state index < -0.39 is 0 Å². The van der Waals surface area contributed by atoms with Crippen molar-refractivity contribution >= 4 is 0 Å². The average molecular weight is 461 g/mol. The molecule has 1 aliphatic heterocycles. The van der Waals surface area contributed by atoms with E-state index in [0.717, 1.165) is 25.7 Å². The molecule has 0 radical (unpaired) electrons. The van der Waals surface area contributed by atoms with Crippen molar-refractivity contribution in [2.24, 2.45) is 0 Å². The highest BCUT2D eigenvalue weighted by atomic mass is 16.6. The van der Waals surface area contributed by atoms with Crippen molar-refractivity contribution in [1.82, 2.24) is 0 Å². The van der Waals surface area contributed by atoms with Crippen LogP contribution in [0.5, 0.6) is 0 Å². The minimum atomic E-state index is 0.151. The molecular formula is C24H44O8. The number of hydrogen-bond acceptors (Lipinski definition) is 8. The highest BCUT2D eigenvalue weighted by Gasteiger charge is 2.27. The molecule has 2 aliphatic carbocycles. The Hall–Kier alpha value is -0.320. The maximum atomic E-state index is 6.05. The molecule has 0 amide bonds. The van der Waals surface area contributed by atoms with Crippen LogP contribution in [0.25, 0.3) is 0 Å². The van der Waals surface area contributed by atoms with Crippen molar-refractivity contribution in [3.63, 3.8) is 0 Å². The Kier molecular flexibility index (Phi) is 14.1. The molecule has 0 unspecified atom stereocenters. The summed E-state index contributed by atoms with van der Waals surface area (Å²) in [5, 5.41) is 0. The van der Waals surface area contributed by atoms with Gasteiger partial charge in [0.15, 0.2) is 0 Å². The fourth-order valence-corrected chi connectivity index (χ4v) is 4.57. The maximum absolute atomic E-state index is 6.05. The van der Waals surface area contributed by atoms with Crippen molar-refractivity contribution in [2.75, 3.05) is 79.3 Å². The molecule has 0 aromatic rings. The smallest absolute Gasteiger partial charge is 0.0837 e. The van der Waals surface area contributed by atoms with Crippen LogP contribution in [-0.2, 0) is 37.9 Å². The van der Waals surface area contributed by atoms with Crippen LogP contribution in [0.4, 0.5) is 0 Å². The SMILES string of the molecule is C1CC[C@@H]2OCCOCCOCCO[C@@H]3CCCC[C@@H]3OCCOCCOCCO[C@H]2C1. The molecular weight excluding hydrogens is 416 g/mol. The van der Waals surface area contributed by atoms with Gasteiger partial charge in [-0.2, -0.15) is 0 Å². The third-order valence-electron chi connectivity index (χ3n) is 6.27. The van der Waals surface area contributed by atoms with E-state index in [1.807, 2.05) is 0 Å². The van der Waals surface area contributed by atoms with Crippen LogP contribution in [0.3, 0.4) is 0 Å². The lowest BCUT2D eigenvalue weighted by Gasteiger charge is -2.31. The number of rotatable bonds is 0. The Balaban J connectivity index is 1.36. The maximum Gasteiger partial charge on any atom is 0.0837 e. The summed E-state index contributed by atoms with van der Waals surface area (Å²) in [6.45, 7) is 6.94. The van der Waals surface area contributed by atoms with Crippen molar-refractivity contribution in [1.29, 1.82) is 0 Å². The van der Waals surface area contributed by atoms with Gasteiger partial charge in [0, 0.05) is 0 Å². The van der Waals surface area contributed by atoms with Crippen molar-refractivity contribution < 1.29 is 37.9 Å². The van der Waals surface area contributed by atoms with E-state index in [-0.39, 0.29) is 24.4 Å². The lowest BCUT2D eigenvalue weighted by Crippen LogP contribution is -2.36. The molecule has 2 saturated carbocycles. The van der Waals surface area contributed by atoms with Crippen LogP contribution in [-0.4, -0.2) is 104 Å². The molecule has 8 heteroatoms. The Morgan fingerprint density at radius 3 is 0.750 bits per heavy atom.